The maximum Gasteiger partial charge on any atom is 0.240 e. The molecule has 5 N–H and O–H groups in total. The van der Waals surface area contributed by atoms with Crippen molar-refractivity contribution in [2.24, 2.45) is 17.4 Å². The number of fused-ring (bicyclic) bond motifs is 2. The number of amides is 2. The summed E-state index contributed by atoms with van der Waals surface area (Å²) in [5.74, 6) is -0.808. The van der Waals surface area contributed by atoms with Crippen LogP contribution in [-0.4, -0.2) is 79.6 Å². The highest BCUT2D eigenvalue weighted by molar-refractivity contribution is 5.92. The Kier molecular flexibility index (Phi) is 8.86. The monoisotopic (exact) mass is 637 g/mol. The van der Waals surface area contributed by atoms with Crippen molar-refractivity contribution >= 4 is 33.8 Å². The number of halogens is 3. The normalized spacial score (nSPS) is 21.6. The first kappa shape index (κ1) is 32.1. The van der Waals surface area contributed by atoms with Crippen LogP contribution in [0.25, 0.3) is 33.5 Å². The molecule has 5 atom stereocenters. The second kappa shape index (κ2) is 12.7. The van der Waals surface area contributed by atoms with Crippen LogP contribution in [0.4, 0.5) is 13.2 Å². The molecular weight excluding hydrogens is 595 g/mol. The van der Waals surface area contributed by atoms with Crippen LogP contribution in [0.3, 0.4) is 0 Å². The highest BCUT2D eigenvalue weighted by atomic mass is 19.1. The van der Waals surface area contributed by atoms with Crippen molar-refractivity contribution in [1.29, 1.82) is 0 Å². The molecular formula is C34H42F3N7O2. The molecule has 0 radical (unpaired) electrons. The van der Waals surface area contributed by atoms with Crippen molar-refractivity contribution in [2.45, 2.75) is 89.8 Å². The van der Waals surface area contributed by atoms with Crippen molar-refractivity contribution in [3.05, 3.63) is 53.6 Å². The molecule has 2 amide bonds. The van der Waals surface area contributed by atoms with E-state index in [9.17, 15) is 22.8 Å². The van der Waals surface area contributed by atoms with Crippen LogP contribution in [0.2, 0.25) is 0 Å². The largest absolute Gasteiger partial charge is 0.352 e. The van der Waals surface area contributed by atoms with Gasteiger partial charge in [-0.1, -0.05) is 20.8 Å². The van der Waals surface area contributed by atoms with Gasteiger partial charge in [0, 0.05) is 48.6 Å². The number of H-pyrrole nitrogens is 1. The van der Waals surface area contributed by atoms with E-state index in [0.717, 1.165) is 23.8 Å². The Morgan fingerprint density at radius 3 is 2.52 bits per heavy atom. The number of benzene rings is 2. The zero-order chi connectivity index (χ0) is 32.9. The fraction of sp³-hybridized carbons (Fsp3) is 0.500. The highest BCUT2D eigenvalue weighted by Crippen LogP contribution is 2.37. The number of nitrogens with two attached hydrogens (primary N) is 2. The Morgan fingerprint density at radius 1 is 1.04 bits per heavy atom. The molecule has 246 valence electrons. The summed E-state index contributed by atoms with van der Waals surface area (Å²) in [6.45, 7) is 6.59. The number of imidazole rings is 1. The molecule has 2 aliphatic heterocycles. The molecule has 4 aromatic rings. The number of aromatic amines is 1. The first-order valence-corrected chi connectivity index (χ1v) is 16.2. The Labute approximate surface area is 266 Å². The van der Waals surface area contributed by atoms with E-state index in [4.69, 9.17) is 16.5 Å². The van der Waals surface area contributed by atoms with E-state index in [1.165, 1.54) is 29.2 Å². The van der Waals surface area contributed by atoms with Crippen LogP contribution in [0.15, 0.2) is 36.4 Å². The topological polar surface area (TPSA) is 126 Å². The Hall–Kier alpha value is -3.90. The average Bonchev–Trinajstić information content (AvgIpc) is 3.80. The van der Waals surface area contributed by atoms with Crippen LogP contribution in [0, 0.1) is 17.6 Å². The van der Waals surface area contributed by atoms with Gasteiger partial charge in [0.25, 0.3) is 0 Å². The van der Waals surface area contributed by atoms with Crippen LogP contribution in [-0.2, 0) is 22.6 Å². The summed E-state index contributed by atoms with van der Waals surface area (Å²) in [5.41, 5.74) is 15.3. The zero-order valence-corrected chi connectivity index (χ0v) is 26.5. The molecule has 4 heterocycles. The maximum atomic E-state index is 14.9. The van der Waals surface area contributed by atoms with Gasteiger partial charge in [-0.3, -0.25) is 9.59 Å². The zero-order valence-electron chi connectivity index (χ0n) is 26.5. The molecule has 0 aliphatic carbocycles. The number of nitrogens with zero attached hydrogens (tertiary/aromatic N) is 4. The lowest BCUT2D eigenvalue weighted by Crippen LogP contribution is -2.49. The molecule has 2 aliphatic rings. The summed E-state index contributed by atoms with van der Waals surface area (Å²) in [5, 5.41) is 0.719. The molecule has 0 bridgehead atoms. The van der Waals surface area contributed by atoms with E-state index >= 15 is 0 Å². The molecule has 2 saturated heterocycles. The quantitative estimate of drug-likeness (QED) is 0.246. The van der Waals surface area contributed by atoms with Crippen molar-refractivity contribution in [3.63, 3.8) is 0 Å². The van der Waals surface area contributed by atoms with Gasteiger partial charge in [-0.25, -0.2) is 18.2 Å². The Morgan fingerprint density at radius 2 is 1.78 bits per heavy atom. The van der Waals surface area contributed by atoms with Crippen molar-refractivity contribution in [1.82, 2.24) is 24.3 Å². The lowest BCUT2D eigenvalue weighted by molar-refractivity contribution is -0.135. The molecule has 12 heteroatoms. The number of aromatic nitrogens is 3. The maximum absolute atomic E-state index is 14.9. The number of alkyl halides is 1. The van der Waals surface area contributed by atoms with Gasteiger partial charge >= 0.3 is 0 Å². The van der Waals surface area contributed by atoms with Crippen LogP contribution < -0.4 is 11.5 Å². The molecule has 2 aromatic carbocycles. The fourth-order valence-corrected chi connectivity index (χ4v) is 7.06. The number of carbonyl (C=O) groups is 2. The number of likely N-dealkylation sites (tertiary alicyclic amines) is 2. The lowest BCUT2D eigenvalue weighted by Gasteiger charge is -2.29. The molecule has 2 fully saturated rings. The van der Waals surface area contributed by atoms with Crippen molar-refractivity contribution in [2.75, 3.05) is 13.1 Å². The first-order valence-electron chi connectivity index (χ1n) is 16.2. The molecule has 6 rings (SSSR count). The van der Waals surface area contributed by atoms with Gasteiger partial charge in [0.1, 0.15) is 17.8 Å². The SMILES string of the molecule is CCC(N)C(=O)N1C[C@@H](F)C[C@H]1Cc1c(-c2nc3cc(F)ccc3n2CC2CCCN2C(=O)C(N)C(C)C)[nH]c2cc(F)ccc12. The summed E-state index contributed by atoms with van der Waals surface area (Å²) >= 11 is 0. The summed E-state index contributed by atoms with van der Waals surface area (Å²) in [4.78, 5) is 38.2. The smallest absolute Gasteiger partial charge is 0.240 e. The van der Waals surface area contributed by atoms with Crippen LogP contribution in [0.5, 0.6) is 0 Å². The number of nitrogens with one attached hydrogen (secondary N) is 1. The molecule has 0 saturated carbocycles. The minimum Gasteiger partial charge on any atom is -0.352 e. The fourth-order valence-electron chi connectivity index (χ4n) is 7.06. The van der Waals surface area contributed by atoms with Gasteiger partial charge in [0.15, 0.2) is 5.82 Å². The molecule has 0 spiro atoms. The van der Waals surface area contributed by atoms with E-state index < -0.39 is 35.9 Å². The lowest BCUT2D eigenvalue weighted by atomic mass is 9.99. The van der Waals surface area contributed by atoms with Crippen LogP contribution >= 0.6 is 0 Å². The number of hydrogen-bond acceptors (Lipinski definition) is 5. The van der Waals surface area contributed by atoms with Crippen LogP contribution in [0.1, 0.15) is 52.0 Å². The van der Waals surface area contributed by atoms with Gasteiger partial charge in [-0.15, -0.1) is 0 Å². The third-order valence-corrected chi connectivity index (χ3v) is 9.70. The number of rotatable bonds is 9. The molecule has 9 nitrogen and oxygen atoms in total. The van der Waals surface area contributed by atoms with Gasteiger partial charge in [-0.05, 0) is 67.5 Å². The number of hydrogen-bond donors (Lipinski definition) is 3. The van der Waals surface area contributed by atoms with Gasteiger partial charge in [-0.2, -0.15) is 0 Å². The Bertz CT molecular complexity index is 1770. The van der Waals surface area contributed by atoms with Gasteiger partial charge in [0.2, 0.25) is 11.8 Å². The molecule has 3 unspecified atom stereocenters. The highest BCUT2D eigenvalue weighted by Gasteiger charge is 2.39. The van der Waals surface area contributed by atoms with E-state index in [2.05, 4.69) is 4.98 Å². The molecule has 46 heavy (non-hydrogen) atoms. The molecule has 2 aromatic heterocycles. The number of carbonyl (C=O) groups excluding carboxylic acids is 2. The van der Waals surface area contributed by atoms with E-state index in [0.29, 0.717) is 47.6 Å². The van der Waals surface area contributed by atoms with E-state index in [1.54, 1.807) is 12.1 Å². The summed E-state index contributed by atoms with van der Waals surface area (Å²) in [6, 6.07) is 6.83. The van der Waals surface area contributed by atoms with E-state index in [1.807, 2.05) is 30.2 Å². The minimum absolute atomic E-state index is 0.0199. The first-order chi connectivity index (χ1) is 22.0. The predicted molar refractivity (Wildman–Crippen MR) is 171 cm³/mol. The standard InChI is InChI=1S/C34H42F3N7O2/c1-4-26(38)33(45)43-16-21(37)12-23(43)15-25-24-9-7-19(35)13-27(24)40-31(25)32-41-28-14-20(36)8-10-29(28)44(32)17-22-6-5-11-42(22)34(46)30(39)18(2)3/h7-10,13-14,18,21-23,26,30,40H,4-6,11-12,15-17,38-39H2,1-3H3/t21-,22?,23-,26?,30?/m0/s1. The average molecular weight is 638 g/mol. The summed E-state index contributed by atoms with van der Waals surface area (Å²) < 4.78 is 45.8. The summed E-state index contributed by atoms with van der Waals surface area (Å²) in [6.07, 6.45) is 1.24. The predicted octanol–water partition coefficient (Wildman–Crippen LogP) is 4.66. The van der Waals surface area contributed by atoms with Gasteiger partial charge < -0.3 is 30.8 Å². The summed E-state index contributed by atoms with van der Waals surface area (Å²) in [7, 11) is 0. The second-order valence-corrected chi connectivity index (χ2v) is 13.1. The third kappa shape index (κ3) is 5.88. The van der Waals surface area contributed by atoms with Crippen molar-refractivity contribution < 1.29 is 22.8 Å². The third-order valence-electron chi connectivity index (χ3n) is 9.70. The second-order valence-electron chi connectivity index (χ2n) is 13.1. The van der Waals surface area contributed by atoms with E-state index in [-0.39, 0.29) is 43.2 Å². The van der Waals surface area contributed by atoms with Gasteiger partial charge in [0.05, 0.1) is 35.4 Å². The van der Waals surface area contributed by atoms with Crippen molar-refractivity contribution in [3.8, 4) is 11.5 Å². The Balaban J connectivity index is 1.46. The minimum atomic E-state index is -1.19.